The second-order valence-electron chi connectivity index (χ2n) is 3.41. The molecule has 0 saturated carbocycles. The van der Waals surface area contributed by atoms with Gasteiger partial charge in [0.2, 0.25) is 0 Å². The number of methoxy groups -OCH3 is 1. The van der Waals surface area contributed by atoms with Crippen LogP contribution in [0.4, 0.5) is 4.39 Å². The van der Waals surface area contributed by atoms with Crippen LogP contribution in [0, 0.1) is 17.1 Å². The highest BCUT2D eigenvalue weighted by molar-refractivity contribution is 5.44. The maximum atomic E-state index is 13.3. The van der Waals surface area contributed by atoms with Gasteiger partial charge in [-0.15, -0.1) is 0 Å². The van der Waals surface area contributed by atoms with Crippen LogP contribution >= 0.6 is 0 Å². The number of rotatable bonds is 1. The molecular weight excluding hydrogens is 181 g/mol. The molecule has 0 amide bonds. The van der Waals surface area contributed by atoms with Crippen LogP contribution in [0.25, 0.3) is 0 Å². The van der Waals surface area contributed by atoms with E-state index in [9.17, 15) is 4.39 Å². The third-order valence-electron chi connectivity index (χ3n) is 2.65. The number of hydrogen-bond donors (Lipinski definition) is 0. The molecule has 1 aromatic rings. The summed E-state index contributed by atoms with van der Waals surface area (Å²) in [6.07, 6.45) is 1.58. The average Bonchev–Trinajstić information content (AvgIpc) is 2.58. The summed E-state index contributed by atoms with van der Waals surface area (Å²) in [7, 11) is 1.43. The van der Waals surface area contributed by atoms with Crippen LogP contribution in [0.5, 0.6) is 5.75 Å². The van der Waals surface area contributed by atoms with E-state index in [1.54, 1.807) is 6.07 Å². The van der Waals surface area contributed by atoms with Crippen LogP contribution in [-0.4, -0.2) is 7.11 Å². The Morgan fingerprint density at radius 3 is 3.00 bits per heavy atom. The van der Waals surface area contributed by atoms with E-state index in [0.717, 1.165) is 24.0 Å². The summed E-state index contributed by atoms with van der Waals surface area (Å²) < 4.78 is 18.1. The van der Waals surface area contributed by atoms with Crippen LogP contribution in [0.2, 0.25) is 0 Å². The Kier molecular flexibility index (Phi) is 2.12. The first-order valence-corrected chi connectivity index (χ1v) is 4.52. The number of hydrogen-bond acceptors (Lipinski definition) is 2. The topological polar surface area (TPSA) is 33.0 Å². The number of aryl methyl sites for hydroxylation is 1. The number of nitriles is 1. The lowest BCUT2D eigenvalue weighted by Gasteiger charge is -2.06. The van der Waals surface area contributed by atoms with E-state index in [0.29, 0.717) is 0 Å². The van der Waals surface area contributed by atoms with Gasteiger partial charge in [-0.1, -0.05) is 0 Å². The Hall–Kier alpha value is -1.56. The summed E-state index contributed by atoms with van der Waals surface area (Å²) in [6.45, 7) is 0. The lowest BCUT2D eigenvalue weighted by Crippen LogP contribution is -1.94. The zero-order chi connectivity index (χ0) is 10.1. The van der Waals surface area contributed by atoms with Gasteiger partial charge in [0.05, 0.1) is 19.1 Å². The van der Waals surface area contributed by atoms with Gasteiger partial charge in [-0.05, 0) is 36.1 Å². The van der Waals surface area contributed by atoms with Crippen molar-refractivity contribution in [1.82, 2.24) is 0 Å². The lowest BCUT2D eigenvalue weighted by atomic mass is 10.0. The number of halogens is 1. The zero-order valence-corrected chi connectivity index (χ0v) is 7.88. The third kappa shape index (κ3) is 1.24. The first-order valence-electron chi connectivity index (χ1n) is 4.52. The largest absolute Gasteiger partial charge is 0.494 e. The van der Waals surface area contributed by atoms with Crippen LogP contribution in [-0.2, 0) is 6.42 Å². The predicted molar refractivity (Wildman–Crippen MR) is 49.6 cm³/mol. The fourth-order valence-corrected chi connectivity index (χ4v) is 1.90. The molecular formula is C11H10FNO. The second-order valence-corrected chi connectivity index (χ2v) is 3.41. The smallest absolute Gasteiger partial charge is 0.165 e. The molecule has 3 heteroatoms. The summed E-state index contributed by atoms with van der Waals surface area (Å²) in [5, 5.41) is 8.86. The van der Waals surface area contributed by atoms with Crippen LogP contribution in [0.3, 0.4) is 0 Å². The van der Waals surface area contributed by atoms with Crippen LogP contribution in [0.1, 0.15) is 23.5 Å². The van der Waals surface area contributed by atoms with E-state index < -0.39 is 0 Å². The molecule has 0 fully saturated rings. The van der Waals surface area contributed by atoms with Crippen molar-refractivity contribution in [3.8, 4) is 11.8 Å². The van der Waals surface area contributed by atoms with Crippen LogP contribution < -0.4 is 4.74 Å². The molecule has 1 aromatic carbocycles. The van der Waals surface area contributed by atoms with Crippen LogP contribution in [0.15, 0.2) is 12.1 Å². The van der Waals surface area contributed by atoms with Gasteiger partial charge in [0.25, 0.3) is 0 Å². The first kappa shape index (κ1) is 9.01. The normalized spacial score (nSPS) is 18.8. The minimum Gasteiger partial charge on any atom is -0.494 e. The molecule has 1 unspecified atom stereocenters. The van der Waals surface area contributed by atoms with E-state index in [4.69, 9.17) is 10.00 Å². The number of ether oxygens (including phenoxy) is 1. The van der Waals surface area contributed by atoms with Crippen molar-refractivity contribution in [2.45, 2.75) is 18.8 Å². The molecule has 0 radical (unpaired) electrons. The van der Waals surface area contributed by atoms with Gasteiger partial charge in [0.15, 0.2) is 11.6 Å². The number of fused-ring (bicyclic) bond motifs is 1. The summed E-state index contributed by atoms with van der Waals surface area (Å²) in [6, 6.07) is 5.33. The monoisotopic (exact) mass is 191 g/mol. The molecule has 0 N–H and O–H groups in total. The van der Waals surface area contributed by atoms with Gasteiger partial charge in [-0.25, -0.2) is 4.39 Å². The number of benzene rings is 1. The fourth-order valence-electron chi connectivity index (χ4n) is 1.90. The molecule has 0 spiro atoms. The fraction of sp³-hybridized carbons (Fsp3) is 0.364. The van der Waals surface area contributed by atoms with E-state index in [1.807, 2.05) is 0 Å². The highest BCUT2D eigenvalue weighted by Crippen LogP contribution is 2.36. The van der Waals surface area contributed by atoms with E-state index >= 15 is 0 Å². The standard InChI is InChI=1S/C11H10FNO/c1-14-11-5-9-7(4-10(11)12)2-3-8(9)6-13/h4-5,8H,2-3H2,1H3. The summed E-state index contributed by atoms with van der Waals surface area (Å²) in [5.74, 6) is -0.213. The zero-order valence-electron chi connectivity index (χ0n) is 7.88. The Morgan fingerprint density at radius 1 is 1.57 bits per heavy atom. The van der Waals surface area contributed by atoms with Crippen molar-refractivity contribution in [2.24, 2.45) is 0 Å². The van der Waals surface area contributed by atoms with Gasteiger partial charge in [0.1, 0.15) is 0 Å². The molecule has 0 aliphatic heterocycles. The van der Waals surface area contributed by atoms with Crippen molar-refractivity contribution >= 4 is 0 Å². The minimum absolute atomic E-state index is 0.0977. The summed E-state index contributed by atoms with van der Waals surface area (Å²) >= 11 is 0. The van der Waals surface area contributed by atoms with Gasteiger partial charge in [-0.2, -0.15) is 5.26 Å². The maximum Gasteiger partial charge on any atom is 0.165 e. The molecule has 0 heterocycles. The van der Waals surface area contributed by atoms with Gasteiger partial charge in [-0.3, -0.25) is 0 Å². The Bertz CT molecular complexity index is 408. The van der Waals surface area contributed by atoms with Gasteiger partial charge < -0.3 is 4.74 Å². The predicted octanol–water partition coefficient (Wildman–Crippen LogP) is 2.39. The van der Waals surface area contributed by atoms with E-state index in [2.05, 4.69) is 6.07 Å². The molecule has 0 bridgehead atoms. The highest BCUT2D eigenvalue weighted by atomic mass is 19.1. The highest BCUT2D eigenvalue weighted by Gasteiger charge is 2.24. The van der Waals surface area contributed by atoms with Gasteiger partial charge >= 0.3 is 0 Å². The van der Waals surface area contributed by atoms with Crippen molar-refractivity contribution in [2.75, 3.05) is 7.11 Å². The Labute approximate surface area is 81.9 Å². The first-order chi connectivity index (χ1) is 6.76. The Balaban J connectivity index is 2.51. The third-order valence-corrected chi connectivity index (χ3v) is 2.65. The molecule has 0 saturated heterocycles. The molecule has 0 aromatic heterocycles. The van der Waals surface area contributed by atoms with Gasteiger partial charge in [0, 0.05) is 0 Å². The minimum atomic E-state index is -0.343. The number of nitrogens with zero attached hydrogens (tertiary/aromatic N) is 1. The SMILES string of the molecule is COc1cc2c(cc1F)CCC2C#N. The van der Waals surface area contributed by atoms with Crippen molar-refractivity contribution in [1.29, 1.82) is 5.26 Å². The molecule has 2 rings (SSSR count). The average molecular weight is 191 g/mol. The van der Waals surface area contributed by atoms with Crippen molar-refractivity contribution in [3.05, 3.63) is 29.1 Å². The maximum absolute atomic E-state index is 13.3. The van der Waals surface area contributed by atoms with Crippen molar-refractivity contribution < 1.29 is 9.13 Å². The van der Waals surface area contributed by atoms with Crippen molar-refractivity contribution in [3.63, 3.8) is 0 Å². The molecule has 1 aliphatic rings. The molecule has 14 heavy (non-hydrogen) atoms. The molecule has 1 aliphatic carbocycles. The Morgan fingerprint density at radius 2 is 2.36 bits per heavy atom. The van der Waals surface area contributed by atoms with E-state index in [1.165, 1.54) is 13.2 Å². The molecule has 72 valence electrons. The molecule has 2 nitrogen and oxygen atoms in total. The summed E-state index contributed by atoms with van der Waals surface area (Å²) in [5.41, 5.74) is 1.86. The summed E-state index contributed by atoms with van der Waals surface area (Å²) in [4.78, 5) is 0. The second kappa shape index (κ2) is 3.30. The lowest BCUT2D eigenvalue weighted by molar-refractivity contribution is 0.386. The quantitative estimate of drug-likeness (QED) is 0.682. The van der Waals surface area contributed by atoms with E-state index in [-0.39, 0.29) is 17.5 Å². The molecule has 1 atom stereocenters.